The number of anilines is 2. The molecule has 8 heteroatoms. The number of carbonyl (C=O) groups is 2. The van der Waals surface area contributed by atoms with Crippen molar-refractivity contribution in [3.8, 4) is 17.2 Å². The molecular weight excluding hydrogens is 368 g/mol. The summed E-state index contributed by atoms with van der Waals surface area (Å²) in [7, 11) is 4.52. The van der Waals surface area contributed by atoms with E-state index in [4.69, 9.17) is 14.2 Å². The summed E-state index contributed by atoms with van der Waals surface area (Å²) in [5.74, 6) is 1.20. The van der Waals surface area contributed by atoms with Gasteiger partial charge in [0.05, 0.1) is 32.8 Å². The number of hydrogen-bond donors (Lipinski definition) is 1. The van der Waals surface area contributed by atoms with Gasteiger partial charge < -0.3 is 24.4 Å². The number of nitrogens with zero attached hydrogens (tertiary/aromatic N) is 1. The smallest absolute Gasteiger partial charge is 0.244 e. The molecule has 1 heterocycles. The molecule has 0 fully saturated rings. The summed E-state index contributed by atoms with van der Waals surface area (Å²) >= 11 is 1.48. The van der Waals surface area contributed by atoms with Gasteiger partial charge in [-0.05, 0) is 12.1 Å². The fraction of sp³-hybridized carbons (Fsp3) is 0.263. The van der Waals surface area contributed by atoms with Gasteiger partial charge in [0.25, 0.3) is 0 Å². The molecular formula is C19H20N2O5S. The Labute approximate surface area is 161 Å². The number of hydrogen-bond acceptors (Lipinski definition) is 6. The molecule has 0 spiro atoms. The van der Waals surface area contributed by atoms with Crippen LogP contribution in [0.15, 0.2) is 41.3 Å². The molecule has 0 unspecified atom stereocenters. The van der Waals surface area contributed by atoms with Gasteiger partial charge in [-0.2, -0.15) is 0 Å². The van der Waals surface area contributed by atoms with Crippen LogP contribution in [0.1, 0.15) is 0 Å². The lowest BCUT2D eigenvalue weighted by molar-refractivity contribution is -0.120. The zero-order valence-corrected chi connectivity index (χ0v) is 16.1. The lowest BCUT2D eigenvalue weighted by Gasteiger charge is -2.28. The molecule has 0 saturated heterocycles. The van der Waals surface area contributed by atoms with Gasteiger partial charge in [0, 0.05) is 22.7 Å². The van der Waals surface area contributed by atoms with Gasteiger partial charge in [0.1, 0.15) is 6.54 Å². The van der Waals surface area contributed by atoms with Crippen molar-refractivity contribution in [3.05, 3.63) is 36.4 Å². The maximum absolute atomic E-state index is 12.6. The topological polar surface area (TPSA) is 77.1 Å². The summed E-state index contributed by atoms with van der Waals surface area (Å²) in [5.41, 5.74) is 1.24. The number of methoxy groups -OCH3 is 3. The Kier molecular flexibility index (Phi) is 5.75. The van der Waals surface area contributed by atoms with Crippen LogP contribution in [0, 0.1) is 0 Å². The first kappa shape index (κ1) is 18.9. The van der Waals surface area contributed by atoms with E-state index in [1.165, 1.54) is 38.0 Å². The zero-order chi connectivity index (χ0) is 19.4. The van der Waals surface area contributed by atoms with Crippen molar-refractivity contribution in [1.82, 2.24) is 0 Å². The molecule has 1 N–H and O–H groups in total. The van der Waals surface area contributed by atoms with Crippen LogP contribution in [0.25, 0.3) is 0 Å². The van der Waals surface area contributed by atoms with Crippen molar-refractivity contribution in [3.63, 3.8) is 0 Å². The molecule has 7 nitrogen and oxygen atoms in total. The SMILES string of the molecule is COc1cc(NC(=O)CN2C(=O)CSc3ccccc32)cc(OC)c1OC. The molecule has 3 rings (SSSR count). The van der Waals surface area contributed by atoms with E-state index < -0.39 is 0 Å². The fourth-order valence-electron chi connectivity index (χ4n) is 2.82. The van der Waals surface area contributed by atoms with E-state index in [0.29, 0.717) is 28.7 Å². The first-order valence-corrected chi connectivity index (χ1v) is 9.18. The van der Waals surface area contributed by atoms with Crippen LogP contribution in [0.5, 0.6) is 17.2 Å². The second-order valence-electron chi connectivity index (χ2n) is 5.70. The monoisotopic (exact) mass is 388 g/mol. The maximum atomic E-state index is 12.6. The Morgan fingerprint density at radius 1 is 1.11 bits per heavy atom. The minimum absolute atomic E-state index is 0.0763. The van der Waals surface area contributed by atoms with Gasteiger partial charge in [-0.25, -0.2) is 0 Å². The lowest BCUT2D eigenvalue weighted by atomic mass is 10.2. The standard InChI is InChI=1S/C19H20N2O5S/c1-24-14-8-12(9-15(25-2)19(14)26-3)20-17(22)10-21-13-6-4-5-7-16(13)27-11-18(21)23/h4-9H,10-11H2,1-3H3,(H,20,22). The van der Waals surface area contributed by atoms with Gasteiger partial charge in [0.2, 0.25) is 17.6 Å². The van der Waals surface area contributed by atoms with Crippen LogP contribution in [0.3, 0.4) is 0 Å². The number of thioether (sulfide) groups is 1. The van der Waals surface area contributed by atoms with Crippen molar-refractivity contribution in [2.75, 3.05) is 43.8 Å². The Morgan fingerprint density at radius 3 is 2.41 bits per heavy atom. The molecule has 2 amide bonds. The van der Waals surface area contributed by atoms with Crippen molar-refractivity contribution < 1.29 is 23.8 Å². The quantitative estimate of drug-likeness (QED) is 0.820. The van der Waals surface area contributed by atoms with Crippen LogP contribution in [0.4, 0.5) is 11.4 Å². The number of fused-ring (bicyclic) bond motifs is 1. The number of rotatable bonds is 6. The number of nitrogens with one attached hydrogen (secondary N) is 1. The molecule has 2 aromatic carbocycles. The Morgan fingerprint density at radius 2 is 1.78 bits per heavy atom. The molecule has 0 bridgehead atoms. The molecule has 27 heavy (non-hydrogen) atoms. The maximum Gasteiger partial charge on any atom is 0.244 e. The van der Waals surface area contributed by atoms with Crippen molar-refractivity contribution in [1.29, 1.82) is 0 Å². The van der Waals surface area contributed by atoms with E-state index in [-0.39, 0.29) is 18.4 Å². The predicted molar refractivity (Wildman–Crippen MR) is 104 cm³/mol. The highest BCUT2D eigenvalue weighted by atomic mass is 32.2. The Balaban J connectivity index is 1.79. The third-order valence-corrected chi connectivity index (χ3v) is 5.11. The number of para-hydroxylation sites is 1. The summed E-state index contributed by atoms with van der Waals surface area (Å²) < 4.78 is 15.9. The van der Waals surface area contributed by atoms with Crippen molar-refractivity contribution in [2.24, 2.45) is 0 Å². The van der Waals surface area contributed by atoms with Gasteiger partial charge in [0.15, 0.2) is 11.5 Å². The molecule has 1 aliphatic heterocycles. The summed E-state index contributed by atoms with van der Waals surface area (Å²) in [4.78, 5) is 27.3. The minimum Gasteiger partial charge on any atom is -0.493 e. The van der Waals surface area contributed by atoms with Crippen LogP contribution in [0.2, 0.25) is 0 Å². The highest BCUT2D eigenvalue weighted by Gasteiger charge is 2.26. The summed E-state index contributed by atoms with van der Waals surface area (Å²) in [5, 5.41) is 2.79. The number of carbonyl (C=O) groups excluding carboxylic acids is 2. The van der Waals surface area contributed by atoms with E-state index in [1.54, 1.807) is 12.1 Å². The molecule has 142 valence electrons. The number of benzene rings is 2. The van der Waals surface area contributed by atoms with Gasteiger partial charge in [-0.3, -0.25) is 9.59 Å². The predicted octanol–water partition coefficient (Wildman–Crippen LogP) is 2.79. The highest BCUT2D eigenvalue weighted by molar-refractivity contribution is 8.00. The Hall–Kier alpha value is -2.87. The summed E-state index contributed by atoms with van der Waals surface area (Å²) in [6.45, 7) is -0.0763. The third-order valence-electron chi connectivity index (χ3n) is 4.06. The largest absolute Gasteiger partial charge is 0.493 e. The molecule has 0 aromatic heterocycles. The van der Waals surface area contributed by atoms with E-state index in [1.807, 2.05) is 24.3 Å². The van der Waals surface area contributed by atoms with E-state index in [2.05, 4.69) is 5.32 Å². The van der Waals surface area contributed by atoms with Crippen LogP contribution < -0.4 is 24.4 Å². The first-order chi connectivity index (χ1) is 13.1. The summed E-state index contributed by atoms with van der Waals surface area (Å²) in [6.07, 6.45) is 0. The third kappa shape index (κ3) is 3.95. The minimum atomic E-state index is -0.320. The normalized spacial score (nSPS) is 13.0. The highest BCUT2D eigenvalue weighted by Crippen LogP contribution is 2.40. The number of amides is 2. The van der Waals surface area contributed by atoms with Gasteiger partial charge in [-0.1, -0.05) is 12.1 Å². The second-order valence-corrected chi connectivity index (χ2v) is 6.72. The Bertz CT molecular complexity index is 846. The molecule has 0 aliphatic carbocycles. The molecule has 0 atom stereocenters. The van der Waals surface area contributed by atoms with Crippen LogP contribution in [-0.2, 0) is 9.59 Å². The van der Waals surface area contributed by atoms with Crippen molar-refractivity contribution >= 4 is 35.0 Å². The van der Waals surface area contributed by atoms with Crippen LogP contribution in [-0.4, -0.2) is 45.4 Å². The fourth-order valence-corrected chi connectivity index (χ4v) is 3.76. The van der Waals surface area contributed by atoms with Crippen LogP contribution >= 0.6 is 11.8 Å². The van der Waals surface area contributed by atoms with Gasteiger partial charge in [-0.15, -0.1) is 11.8 Å². The number of ether oxygens (including phenoxy) is 3. The molecule has 1 aliphatic rings. The second kappa shape index (κ2) is 8.22. The molecule has 0 saturated carbocycles. The van der Waals surface area contributed by atoms with Crippen molar-refractivity contribution in [2.45, 2.75) is 4.90 Å². The molecule has 0 radical (unpaired) electrons. The van der Waals surface area contributed by atoms with E-state index in [9.17, 15) is 9.59 Å². The van der Waals surface area contributed by atoms with E-state index >= 15 is 0 Å². The summed E-state index contributed by atoms with van der Waals surface area (Å²) in [6, 6.07) is 10.8. The average Bonchev–Trinajstić information content (AvgIpc) is 2.69. The molecule has 2 aromatic rings. The first-order valence-electron chi connectivity index (χ1n) is 8.19. The van der Waals surface area contributed by atoms with E-state index in [0.717, 1.165) is 10.6 Å². The average molecular weight is 388 g/mol. The van der Waals surface area contributed by atoms with Gasteiger partial charge >= 0.3 is 0 Å². The zero-order valence-electron chi connectivity index (χ0n) is 15.3. The lowest BCUT2D eigenvalue weighted by Crippen LogP contribution is -2.41.